The van der Waals surface area contributed by atoms with Gasteiger partial charge in [-0.2, -0.15) is 0 Å². The highest BCUT2D eigenvalue weighted by atomic mass is 35.5. The molecule has 0 spiro atoms. The van der Waals surface area contributed by atoms with Gasteiger partial charge in [-0.25, -0.2) is 9.97 Å². The molecule has 2 aromatic rings. The van der Waals surface area contributed by atoms with E-state index in [0.717, 1.165) is 11.5 Å². The zero-order valence-corrected chi connectivity index (χ0v) is 12.4. The number of benzene rings is 1. The van der Waals surface area contributed by atoms with Crippen LogP contribution in [0.1, 0.15) is 23.7 Å². The number of aryl methyl sites for hydroxylation is 1. The number of halogens is 1. The fourth-order valence-electron chi connectivity index (χ4n) is 1.89. The number of rotatable bonds is 6. The molecule has 0 unspecified atom stereocenters. The number of anilines is 1. The van der Waals surface area contributed by atoms with E-state index in [-0.39, 0.29) is 5.28 Å². The van der Waals surface area contributed by atoms with Gasteiger partial charge in [0.25, 0.3) is 0 Å². The molecule has 0 atom stereocenters. The first-order valence-electron chi connectivity index (χ1n) is 6.58. The Morgan fingerprint density at radius 3 is 2.65 bits per heavy atom. The largest absolute Gasteiger partial charge is 0.377 e. The van der Waals surface area contributed by atoms with Crippen molar-refractivity contribution in [2.75, 3.05) is 11.9 Å². The van der Waals surface area contributed by atoms with Gasteiger partial charge in [0.1, 0.15) is 5.82 Å². The van der Waals surface area contributed by atoms with E-state index >= 15 is 0 Å². The molecule has 5 heteroatoms. The van der Waals surface area contributed by atoms with Crippen molar-refractivity contribution in [1.29, 1.82) is 0 Å². The molecular formula is C15H18ClN3O. The molecule has 2 rings (SSSR count). The minimum absolute atomic E-state index is 0.259. The van der Waals surface area contributed by atoms with E-state index < -0.39 is 0 Å². The van der Waals surface area contributed by atoms with Crippen molar-refractivity contribution in [2.45, 2.75) is 27.0 Å². The molecule has 0 bridgehead atoms. The number of hydrogen-bond acceptors (Lipinski definition) is 4. The van der Waals surface area contributed by atoms with Gasteiger partial charge in [-0.15, -0.1) is 0 Å². The molecule has 0 aliphatic carbocycles. The molecule has 0 aliphatic rings. The molecule has 1 aromatic heterocycles. The summed E-state index contributed by atoms with van der Waals surface area (Å²) in [4.78, 5) is 8.19. The van der Waals surface area contributed by atoms with Crippen LogP contribution in [0.4, 0.5) is 5.82 Å². The van der Waals surface area contributed by atoms with E-state index in [2.05, 4.69) is 27.4 Å². The third kappa shape index (κ3) is 4.18. The van der Waals surface area contributed by atoms with Crippen molar-refractivity contribution in [3.63, 3.8) is 0 Å². The zero-order chi connectivity index (χ0) is 14.4. The van der Waals surface area contributed by atoms with Crippen molar-refractivity contribution in [3.8, 4) is 0 Å². The summed E-state index contributed by atoms with van der Waals surface area (Å²) in [6, 6.07) is 10.1. The first-order valence-corrected chi connectivity index (χ1v) is 6.96. The van der Waals surface area contributed by atoms with Crippen molar-refractivity contribution in [2.24, 2.45) is 0 Å². The maximum atomic E-state index is 5.85. The zero-order valence-electron chi connectivity index (χ0n) is 11.7. The fourth-order valence-corrected chi connectivity index (χ4v) is 2.12. The first-order chi connectivity index (χ1) is 9.69. The highest BCUT2D eigenvalue weighted by molar-refractivity contribution is 6.28. The molecule has 0 saturated heterocycles. The predicted octanol–water partition coefficient (Wildman–Crippen LogP) is 3.59. The van der Waals surface area contributed by atoms with Gasteiger partial charge in [0.05, 0.1) is 6.61 Å². The molecule has 0 saturated carbocycles. The number of aromatic nitrogens is 2. The van der Waals surface area contributed by atoms with Crippen molar-refractivity contribution < 1.29 is 4.74 Å². The summed E-state index contributed by atoms with van der Waals surface area (Å²) >= 11 is 5.85. The lowest BCUT2D eigenvalue weighted by molar-refractivity contribution is 0.133. The number of nitrogens with one attached hydrogen (secondary N) is 1. The van der Waals surface area contributed by atoms with Crippen LogP contribution in [0.2, 0.25) is 5.28 Å². The normalized spacial score (nSPS) is 10.6. The van der Waals surface area contributed by atoms with Crippen LogP contribution < -0.4 is 5.32 Å². The molecule has 0 radical (unpaired) electrons. The van der Waals surface area contributed by atoms with Gasteiger partial charge in [0.15, 0.2) is 0 Å². The summed E-state index contributed by atoms with van der Waals surface area (Å²) in [5.74, 6) is 0.730. The Morgan fingerprint density at radius 2 is 1.95 bits per heavy atom. The Morgan fingerprint density at radius 1 is 1.20 bits per heavy atom. The molecular weight excluding hydrogens is 274 g/mol. The summed E-state index contributed by atoms with van der Waals surface area (Å²) in [5.41, 5.74) is 3.21. The van der Waals surface area contributed by atoms with Gasteiger partial charge in [-0.05, 0) is 36.6 Å². The number of ether oxygens (including phenoxy) is 1. The lowest BCUT2D eigenvalue weighted by atomic mass is 10.1. The van der Waals surface area contributed by atoms with E-state index in [9.17, 15) is 0 Å². The average Bonchev–Trinajstić information content (AvgIpc) is 2.43. The van der Waals surface area contributed by atoms with E-state index in [1.165, 1.54) is 11.1 Å². The second kappa shape index (κ2) is 7.22. The average molecular weight is 292 g/mol. The molecule has 1 heterocycles. The maximum absolute atomic E-state index is 5.85. The van der Waals surface area contributed by atoms with Crippen molar-refractivity contribution in [1.82, 2.24) is 9.97 Å². The van der Waals surface area contributed by atoms with E-state index in [4.69, 9.17) is 16.3 Å². The maximum Gasteiger partial charge on any atom is 0.224 e. The van der Waals surface area contributed by atoms with Crippen molar-refractivity contribution >= 4 is 17.4 Å². The highest BCUT2D eigenvalue weighted by Gasteiger charge is 2.04. The van der Waals surface area contributed by atoms with Crippen LogP contribution in [0.25, 0.3) is 0 Å². The Bertz CT molecular complexity index is 555. The number of nitrogens with zero attached hydrogens (tertiary/aromatic N) is 2. The summed E-state index contributed by atoms with van der Waals surface area (Å²) in [6.45, 7) is 5.89. The molecule has 1 N–H and O–H groups in total. The van der Waals surface area contributed by atoms with Gasteiger partial charge in [-0.1, -0.05) is 24.3 Å². The predicted molar refractivity (Wildman–Crippen MR) is 80.9 cm³/mol. The fraction of sp³-hybridized carbons (Fsp3) is 0.333. The molecule has 1 aromatic carbocycles. The minimum atomic E-state index is 0.259. The summed E-state index contributed by atoms with van der Waals surface area (Å²) in [5, 5.41) is 3.53. The second-order valence-corrected chi connectivity index (χ2v) is 4.76. The van der Waals surface area contributed by atoms with Crippen LogP contribution in [0.5, 0.6) is 0 Å². The van der Waals surface area contributed by atoms with Crippen LogP contribution >= 0.6 is 11.6 Å². The van der Waals surface area contributed by atoms with E-state index in [0.29, 0.717) is 19.8 Å². The SMILES string of the molecule is CCOCc1ccccc1CNc1cc(C)nc(Cl)n1. The Labute approximate surface area is 124 Å². The van der Waals surface area contributed by atoms with Crippen LogP contribution in [-0.4, -0.2) is 16.6 Å². The Balaban J connectivity index is 2.06. The van der Waals surface area contributed by atoms with Gasteiger partial charge < -0.3 is 10.1 Å². The van der Waals surface area contributed by atoms with Crippen LogP contribution in [0.15, 0.2) is 30.3 Å². The van der Waals surface area contributed by atoms with Crippen LogP contribution in [0, 0.1) is 6.92 Å². The summed E-state index contributed by atoms with van der Waals surface area (Å²) in [7, 11) is 0. The van der Waals surface area contributed by atoms with E-state index in [1.807, 2.05) is 32.0 Å². The lowest BCUT2D eigenvalue weighted by Gasteiger charge is -2.11. The third-order valence-electron chi connectivity index (χ3n) is 2.87. The Kier molecular flexibility index (Phi) is 5.32. The first kappa shape index (κ1) is 14.8. The second-order valence-electron chi connectivity index (χ2n) is 4.42. The van der Waals surface area contributed by atoms with Gasteiger partial charge in [0, 0.05) is 24.9 Å². The van der Waals surface area contributed by atoms with Crippen LogP contribution in [-0.2, 0) is 17.9 Å². The molecule has 0 fully saturated rings. The monoisotopic (exact) mass is 291 g/mol. The lowest BCUT2D eigenvalue weighted by Crippen LogP contribution is -2.06. The molecule has 20 heavy (non-hydrogen) atoms. The smallest absolute Gasteiger partial charge is 0.224 e. The summed E-state index contributed by atoms with van der Waals surface area (Å²) < 4.78 is 5.48. The standard InChI is InChI=1S/C15H18ClN3O/c1-3-20-10-13-7-5-4-6-12(13)9-17-14-8-11(2)18-15(16)19-14/h4-8H,3,9-10H2,1-2H3,(H,17,18,19). The molecule has 106 valence electrons. The molecule has 4 nitrogen and oxygen atoms in total. The minimum Gasteiger partial charge on any atom is -0.377 e. The Hall–Kier alpha value is -1.65. The third-order valence-corrected chi connectivity index (χ3v) is 3.04. The van der Waals surface area contributed by atoms with E-state index in [1.54, 1.807) is 0 Å². The molecule has 0 amide bonds. The number of hydrogen-bond donors (Lipinski definition) is 1. The van der Waals surface area contributed by atoms with Crippen LogP contribution in [0.3, 0.4) is 0 Å². The van der Waals surface area contributed by atoms with Crippen molar-refractivity contribution in [3.05, 3.63) is 52.4 Å². The quantitative estimate of drug-likeness (QED) is 0.826. The van der Waals surface area contributed by atoms with Gasteiger partial charge >= 0.3 is 0 Å². The summed E-state index contributed by atoms with van der Waals surface area (Å²) in [6.07, 6.45) is 0. The highest BCUT2D eigenvalue weighted by Crippen LogP contribution is 2.14. The van der Waals surface area contributed by atoms with Gasteiger partial charge in [0.2, 0.25) is 5.28 Å². The van der Waals surface area contributed by atoms with Gasteiger partial charge in [-0.3, -0.25) is 0 Å². The molecule has 0 aliphatic heterocycles. The topological polar surface area (TPSA) is 47.0 Å².